The highest BCUT2D eigenvalue weighted by Gasteiger charge is 2.63. The molecule has 1 heterocycles. The van der Waals surface area contributed by atoms with Crippen LogP contribution in [0.1, 0.15) is 97.8 Å². The number of ether oxygens (including phenoxy) is 3. The van der Waals surface area contributed by atoms with E-state index in [1.165, 1.54) is 24.3 Å². The molecular weight excluding hydrogens is 708 g/mol. The minimum Gasteiger partial charge on any atom is -0.481 e. The van der Waals surface area contributed by atoms with E-state index in [1.54, 1.807) is 6.07 Å². The molecule has 15 heteroatoms. The summed E-state index contributed by atoms with van der Waals surface area (Å²) in [6.07, 6.45) is 7.07. The molecule has 0 amide bonds. The van der Waals surface area contributed by atoms with Gasteiger partial charge in [0.2, 0.25) is 0 Å². The van der Waals surface area contributed by atoms with Crippen molar-refractivity contribution in [2.75, 3.05) is 13.2 Å². The Kier molecular flexibility index (Phi) is 11.4. The molecule has 0 bridgehead atoms. The molecule has 0 spiro atoms. The molecule has 292 valence electrons. The van der Waals surface area contributed by atoms with Crippen molar-refractivity contribution in [3.63, 3.8) is 0 Å². The van der Waals surface area contributed by atoms with Crippen molar-refractivity contribution in [3.8, 4) is 5.88 Å². The molecule has 1 aromatic carbocycles. The van der Waals surface area contributed by atoms with Crippen LogP contribution in [-0.2, 0) is 33.7 Å². The van der Waals surface area contributed by atoms with Crippen LogP contribution in [-0.4, -0.2) is 67.1 Å². The van der Waals surface area contributed by atoms with E-state index in [1.807, 2.05) is 0 Å². The number of hydrogen-bond donors (Lipinski definition) is 2. The minimum absolute atomic E-state index is 0.0411. The molecule has 6 rings (SSSR count). The van der Waals surface area contributed by atoms with Crippen LogP contribution >= 0.6 is 0 Å². The fourth-order valence-corrected chi connectivity index (χ4v) is 12.2. The zero-order valence-corrected chi connectivity index (χ0v) is 31.5. The maximum absolute atomic E-state index is 12.9. The number of rotatable bonds is 14. The van der Waals surface area contributed by atoms with E-state index < -0.39 is 44.8 Å². The fourth-order valence-electron chi connectivity index (χ4n) is 10.9. The summed E-state index contributed by atoms with van der Waals surface area (Å²) in [5.74, 6) is -0.414. The number of hydrogen-bond acceptors (Lipinski definition) is 12. The number of fused-ring (bicyclic) bond motifs is 5. The Morgan fingerprint density at radius 2 is 1.68 bits per heavy atom. The summed E-state index contributed by atoms with van der Waals surface area (Å²) in [6, 6.07) is 7.24. The third-order valence-electron chi connectivity index (χ3n) is 13.5. The molecule has 1 unspecified atom stereocenters. The number of sulfone groups is 1. The van der Waals surface area contributed by atoms with Crippen molar-refractivity contribution in [3.05, 3.63) is 35.5 Å². The van der Waals surface area contributed by atoms with Crippen molar-refractivity contribution >= 4 is 27.7 Å². The first-order valence-corrected chi connectivity index (χ1v) is 20.4. The Bertz CT molecular complexity index is 1750. The second kappa shape index (κ2) is 15.6. The largest absolute Gasteiger partial charge is 0.481 e. The van der Waals surface area contributed by atoms with Gasteiger partial charge >= 0.3 is 28.8 Å². The molecule has 4 aliphatic carbocycles. The summed E-state index contributed by atoms with van der Waals surface area (Å²) in [6.45, 7) is 6.36. The van der Waals surface area contributed by atoms with E-state index in [0.29, 0.717) is 42.9 Å². The highest BCUT2D eigenvalue weighted by Crippen LogP contribution is 2.68. The lowest BCUT2D eigenvalue weighted by Gasteiger charge is -2.62. The molecule has 0 aliphatic heterocycles. The lowest BCUT2D eigenvalue weighted by molar-refractivity contribution is -0.832. The summed E-state index contributed by atoms with van der Waals surface area (Å²) in [4.78, 5) is 36.0. The predicted molar refractivity (Wildman–Crippen MR) is 186 cm³/mol. The number of aliphatic hydroxyl groups is 1. The molecule has 2 aromatic rings. The summed E-state index contributed by atoms with van der Waals surface area (Å²) < 4.78 is 46.4. The SMILES string of the molecule is C[C@H](CCC(=O)O)[C@H]1CC[C@H]2C3[C@@H](O)C[C@@H]4C[C@H](OC(=O)CCC(=O)OCCOc5no[n+]([O-])c5S(=O)(=O)c5ccccc5)CC[C@]4(C)[C@H]3CC[C@]12C. The molecule has 0 radical (unpaired) electrons. The van der Waals surface area contributed by atoms with Gasteiger partial charge in [0.1, 0.15) is 19.3 Å². The maximum atomic E-state index is 12.9. The van der Waals surface area contributed by atoms with Crippen molar-refractivity contribution in [1.29, 1.82) is 0 Å². The zero-order valence-electron chi connectivity index (χ0n) is 30.7. The van der Waals surface area contributed by atoms with Gasteiger partial charge < -0.3 is 29.6 Å². The second-order valence-corrected chi connectivity index (χ2v) is 18.1. The van der Waals surface area contributed by atoms with Crippen LogP contribution in [0.2, 0.25) is 0 Å². The van der Waals surface area contributed by atoms with E-state index in [4.69, 9.17) is 14.2 Å². The smallest absolute Gasteiger partial charge is 0.415 e. The van der Waals surface area contributed by atoms with Crippen molar-refractivity contribution in [2.45, 2.75) is 120 Å². The van der Waals surface area contributed by atoms with Crippen LogP contribution in [0, 0.1) is 51.5 Å². The molecule has 0 saturated heterocycles. The van der Waals surface area contributed by atoms with Crippen molar-refractivity contribution in [1.82, 2.24) is 5.16 Å². The van der Waals surface area contributed by atoms with Gasteiger partial charge in [0.05, 0.1) is 29.0 Å². The predicted octanol–water partition coefficient (Wildman–Crippen LogP) is 4.89. The standard InChI is InChI=1S/C38H52N2O12S/c1-23(9-12-31(42)43)27-10-11-28-34-29(16-18-38(27,28)3)37(2)17-15-25(21-24(37)22-30(34)41)51-33(45)14-13-32(44)49-19-20-50-35-36(40(46)52-39-35)53(47,48)26-7-5-4-6-8-26/h4-8,23-25,27-30,34,41H,9-22H2,1-3H3,(H,42,43)/t23-,24+,25-,27-,28+,29+,30+,34?,37+,38-/m1/s1. The monoisotopic (exact) mass is 760 g/mol. The third kappa shape index (κ3) is 7.78. The zero-order chi connectivity index (χ0) is 38.1. The van der Waals surface area contributed by atoms with Gasteiger partial charge in [0.25, 0.3) is 9.84 Å². The Morgan fingerprint density at radius 3 is 2.42 bits per heavy atom. The van der Waals surface area contributed by atoms with Gasteiger partial charge in [0.15, 0.2) is 0 Å². The maximum Gasteiger partial charge on any atom is 0.415 e. The van der Waals surface area contributed by atoms with E-state index in [2.05, 4.69) is 30.6 Å². The van der Waals surface area contributed by atoms with Crippen LogP contribution in [0.5, 0.6) is 5.88 Å². The average Bonchev–Trinajstić information content (AvgIpc) is 3.68. The van der Waals surface area contributed by atoms with Gasteiger partial charge in [-0.3, -0.25) is 19.0 Å². The van der Waals surface area contributed by atoms with Crippen molar-refractivity contribution < 1.29 is 56.8 Å². The summed E-state index contributed by atoms with van der Waals surface area (Å²) in [5, 5.41) is 35.5. The number of carbonyl (C=O) groups is 3. The minimum atomic E-state index is -4.29. The van der Waals surface area contributed by atoms with Gasteiger partial charge in [-0.25, -0.2) is 8.42 Å². The number of carboxylic acids is 1. The van der Waals surface area contributed by atoms with Crippen LogP contribution < -0.4 is 9.64 Å². The van der Waals surface area contributed by atoms with E-state index in [-0.39, 0.29) is 71.0 Å². The normalized spacial score (nSPS) is 32.8. The van der Waals surface area contributed by atoms with Crippen LogP contribution in [0.4, 0.5) is 0 Å². The molecule has 4 aliphatic rings. The van der Waals surface area contributed by atoms with E-state index in [9.17, 15) is 38.2 Å². The van der Waals surface area contributed by atoms with E-state index >= 15 is 0 Å². The quantitative estimate of drug-likeness (QED) is 0.150. The number of nitrogens with zero attached hydrogens (tertiary/aromatic N) is 2. The number of carboxylic acid groups (broad SMARTS) is 1. The lowest BCUT2D eigenvalue weighted by atomic mass is 9.43. The van der Waals surface area contributed by atoms with Gasteiger partial charge in [-0.15, -0.1) is 0 Å². The van der Waals surface area contributed by atoms with Gasteiger partial charge in [-0.05, 0) is 121 Å². The van der Waals surface area contributed by atoms with Crippen LogP contribution in [0.3, 0.4) is 0 Å². The molecule has 14 nitrogen and oxygen atoms in total. The highest BCUT2D eigenvalue weighted by molar-refractivity contribution is 7.91. The Morgan fingerprint density at radius 1 is 0.981 bits per heavy atom. The van der Waals surface area contributed by atoms with Gasteiger partial charge in [-0.1, -0.05) is 39.0 Å². The number of benzene rings is 1. The molecule has 4 fully saturated rings. The molecule has 10 atom stereocenters. The lowest BCUT2D eigenvalue weighted by Crippen LogP contribution is -2.58. The summed E-state index contributed by atoms with van der Waals surface area (Å²) in [7, 11) is -4.29. The van der Waals surface area contributed by atoms with Crippen LogP contribution in [0.15, 0.2) is 44.9 Å². The second-order valence-electron chi connectivity index (χ2n) is 16.2. The molecule has 2 N–H and O–H groups in total. The number of aliphatic carboxylic acids is 1. The first kappa shape index (κ1) is 39.0. The Balaban J connectivity index is 0.947. The third-order valence-corrected chi connectivity index (χ3v) is 15.2. The first-order chi connectivity index (χ1) is 25.1. The Labute approximate surface area is 310 Å². The average molecular weight is 761 g/mol. The number of aromatic nitrogens is 2. The topological polar surface area (TPSA) is 206 Å². The van der Waals surface area contributed by atoms with Gasteiger partial charge in [0, 0.05) is 6.42 Å². The van der Waals surface area contributed by atoms with Gasteiger partial charge in [-0.2, -0.15) is 0 Å². The summed E-state index contributed by atoms with van der Waals surface area (Å²) >= 11 is 0. The Hall–Kier alpha value is -3.72. The number of esters is 2. The van der Waals surface area contributed by atoms with Crippen molar-refractivity contribution in [2.24, 2.45) is 46.3 Å². The highest BCUT2D eigenvalue weighted by atomic mass is 32.2. The number of aliphatic hydroxyl groups excluding tert-OH is 1. The first-order valence-electron chi connectivity index (χ1n) is 18.9. The van der Waals surface area contributed by atoms with Crippen LogP contribution in [0.25, 0.3) is 0 Å². The molecule has 4 saturated carbocycles. The molecular formula is C38H52N2O12S. The molecule has 53 heavy (non-hydrogen) atoms. The fraction of sp³-hybridized carbons (Fsp3) is 0.711. The van der Waals surface area contributed by atoms with E-state index in [0.717, 1.165) is 38.5 Å². The molecule has 1 aromatic heterocycles. The number of carbonyl (C=O) groups excluding carboxylic acids is 2. The summed E-state index contributed by atoms with van der Waals surface area (Å²) in [5.41, 5.74) is 0.150.